The molecule has 0 spiro atoms. The first-order valence-corrected chi connectivity index (χ1v) is 8.64. The molecule has 8 heteroatoms. The highest BCUT2D eigenvalue weighted by Gasteiger charge is 2.25. The fourth-order valence-electron chi connectivity index (χ4n) is 3.37. The topological polar surface area (TPSA) is 81.6 Å². The summed E-state index contributed by atoms with van der Waals surface area (Å²) in [5.74, 6) is 2.84. The van der Waals surface area contributed by atoms with Crippen LogP contribution in [0.15, 0.2) is 22.7 Å². The third-order valence-corrected chi connectivity index (χ3v) is 4.78. The molecule has 3 aromatic heterocycles. The first-order chi connectivity index (χ1) is 12.2. The average molecular weight is 342 g/mol. The molecule has 0 aromatic carbocycles. The number of aryl methyl sites for hydroxylation is 1. The zero-order valence-electron chi connectivity index (χ0n) is 14.6. The molecule has 0 aliphatic carbocycles. The van der Waals surface area contributed by atoms with Crippen molar-refractivity contribution in [2.75, 3.05) is 26.7 Å². The van der Waals surface area contributed by atoms with E-state index in [0.717, 1.165) is 61.8 Å². The Labute approximate surface area is 145 Å². The molecule has 0 radical (unpaired) electrons. The first-order valence-electron chi connectivity index (χ1n) is 8.64. The number of likely N-dealkylation sites (tertiary alicyclic amines) is 1. The maximum absolute atomic E-state index is 5.29. The van der Waals surface area contributed by atoms with Crippen LogP contribution in [0, 0.1) is 6.92 Å². The Morgan fingerprint density at radius 3 is 2.80 bits per heavy atom. The van der Waals surface area contributed by atoms with Gasteiger partial charge in [-0.25, -0.2) is 0 Å². The molecule has 0 N–H and O–H groups in total. The number of hydrogen-bond donors (Lipinski definition) is 0. The molecule has 25 heavy (non-hydrogen) atoms. The molecule has 0 unspecified atom stereocenters. The normalized spacial score (nSPS) is 16.6. The second-order valence-corrected chi connectivity index (χ2v) is 6.50. The van der Waals surface area contributed by atoms with E-state index in [-0.39, 0.29) is 0 Å². The van der Waals surface area contributed by atoms with E-state index in [1.54, 1.807) is 7.11 Å². The highest BCUT2D eigenvalue weighted by Crippen LogP contribution is 2.27. The van der Waals surface area contributed by atoms with Crippen molar-refractivity contribution in [1.29, 1.82) is 0 Å². The zero-order chi connectivity index (χ0) is 17.2. The standard InChI is InChI=1S/C17H22N6O2/c1-12-11-14(25-21-12)7-10-22-8-5-13(6-9-22)17-19-18-15-3-4-16(24-2)20-23(15)17/h3-4,11,13H,5-10H2,1-2H3. The lowest BCUT2D eigenvalue weighted by Gasteiger charge is -2.30. The van der Waals surface area contributed by atoms with Gasteiger partial charge in [0.15, 0.2) is 11.5 Å². The number of piperidine rings is 1. The van der Waals surface area contributed by atoms with E-state index in [0.29, 0.717) is 11.8 Å². The summed E-state index contributed by atoms with van der Waals surface area (Å²) in [4.78, 5) is 2.46. The van der Waals surface area contributed by atoms with Crippen molar-refractivity contribution in [3.05, 3.63) is 35.5 Å². The number of methoxy groups -OCH3 is 1. The van der Waals surface area contributed by atoms with Gasteiger partial charge in [-0.2, -0.15) is 4.52 Å². The predicted octanol–water partition coefficient (Wildman–Crippen LogP) is 1.85. The van der Waals surface area contributed by atoms with E-state index >= 15 is 0 Å². The lowest BCUT2D eigenvalue weighted by atomic mass is 9.96. The molecule has 0 amide bonds. The molecule has 4 rings (SSSR count). The van der Waals surface area contributed by atoms with Gasteiger partial charge >= 0.3 is 0 Å². The van der Waals surface area contributed by atoms with Gasteiger partial charge in [-0.1, -0.05) is 5.16 Å². The van der Waals surface area contributed by atoms with E-state index in [4.69, 9.17) is 9.26 Å². The minimum absolute atomic E-state index is 0.374. The van der Waals surface area contributed by atoms with E-state index in [1.807, 2.05) is 29.6 Å². The molecule has 1 aliphatic rings. The van der Waals surface area contributed by atoms with Crippen molar-refractivity contribution in [3.8, 4) is 5.88 Å². The maximum Gasteiger partial charge on any atom is 0.231 e. The van der Waals surface area contributed by atoms with Crippen molar-refractivity contribution in [1.82, 2.24) is 29.9 Å². The fraction of sp³-hybridized carbons (Fsp3) is 0.529. The van der Waals surface area contributed by atoms with Crippen LogP contribution in [0.25, 0.3) is 5.65 Å². The number of ether oxygens (including phenoxy) is 1. The molecule has 1 saturated heterocycles. The van der Waals surface area contributed by atoms with Crippen molar-refractivity contribution >= 4 is 5.65 Å². The zero-order valence-corrected chi connectivity index (χ0v) is 14.6. The lowest BCUT2D eigenvalue weighted by Crippen LogP contribution is -2.35. The predicted molar refractivity (Wildman–Crippen MR) is 90.7 cm³/mol. The lowest BCUT2D eigenvalue weighted by molar-refractivity contribution is 0.205. The second kappa shape index (κ2) is 6.79. The van der Waals surface area contributed by atoms with Crippen molar-refractivity contribution < 1.29 is 9.26 Å². The molecule has 4 heterocycles. The monoisotopic (exact) mass is 342 g/mol. The Kier molecular flexibility index (Phi) is 4.35. The van der Waals surface area contributed by atoms with Gasteiger partial charge in [0.2, 0.25) is 5.88 Å². The van der Waals surface area contributed by atoms with Crippen LogP contribution in [0.2, 0.25) is 0 Å². The van der Waals surface area contributed by atoms with Gasteiger partial charge in [0.05, 0.1) is 12.8 Å². The van der Waals surface area contributed by atoms with Crippen LogP contribution in [0.3, 0.4) is 0 Å². The van der Waals surface area contributed by atoms with Crippen molar-refractivity contribution in [3.63, 3.8) is 0 Å². The Bertz CT molecular complexity index is 850. The highest BCUT2D eigenvalue weighted by molar-refractivity contribution is 5.38. The fourth-order valence-corrected chi connectivity index (χ4v) is 3.37. The van der Waals surface area contributed by atoms with Crippen LogP contribution in [-0.4, -0.2) is 56.6 Å². The summed E-state index contributed by atoms with van der Waals surface area (Å²) in [6.07, 6.45) is 3.00. The Morgan fingerprint density at radius 1 is 1.24 bits per heavy atom. The van der Waals surface area contributed by atoms with Crippen LogP contribution in [0.4, 0.5) is 0 Å². The number of fused-ring (bicyclic) bond motifs is 1. The molecule has 1 aliphatic heterocycles. The molecule has 0 saturated carbocycles. The van der Waals surface area contributed by atoms with E-state index in [9.17, 15) is 0 Å². The summed E-state index contributed by atoms with van der Waals surface area (Å²) in [5.41, 5.74) is 1.70. The van der Waals surface area contributed by atoms with Crippen molar-refractivity contribution in [2.24, 2.45) is 0 Å². The van der Waals surface area contributed by atoms with E-state index in [1.165, 1.54) is 0 Å². The van der Waals surface area contributed by atoms with E-state index < -0.39 is 0 Å². The summed E-state index contributed by atoms with van der Waals surface area (Å²) in [6, 6.07) is 5.70. The molecule has 8 nitrogen and oxygen atoms in total. The molecule has 1 fully saturated rings. The van der Waals surface area contributed by atoms with Crippen molar-refractivity contribution in [2.45, 2.75) is 32.1 Å². The smallest absolute Gasteiger partial charge is 0.231 e. The second-order valence-electron chi connectivity index (χ2n) is 6.50. The van der Waals surface area contributed by atoms with Crippen LogP contribution in [-0.2, 0) is 6.42 Å². The highest BCUT2D eigenvalue weighted by atomic mass is 16.5. The minimum Gasteiger partial charge on any atom is -0.480 e. The van der Waals surface area contributed by atoms with E-state index in [2.05, 4.69) is 25.4 Å². The van der Waals surface area contributed by atoms with Crippen LogP contribution in [0.5, 0.6) is 5.88 Å². The molecular weight excluding hydrogens is 320 g/mol. The maximum atomic E-state index is 5.29. The van der Waals surface area contributed by atoms with Gasteiger partial charge in [-0.15, -0.1) is 15.3 Å². The summed E-state index contributed by atoms with van der Waals surface area (Å²) in [6.45, 7) is 5.02. The van der Waals surface area contributed by atoms with Crippen LogP contribution in [0.1, 0.15) is 36.0 Å². The van der Waals surface area contributed by atoms with Gasteiger partial charge < -0.3 is 14.2 Å². The van der Waals surface area contributed by atoms with Gasteiger partial charge in [-0.05, 0) is 38.9 Å². The van der Waals surface area contributed by atoms with Gasteiger partial charge in [0.25, 0.3) is 0 Å². The number of nitrogens with zero attached hydrogens (tertiary/aromatic N) is 6. The number of rotatable bonds is 5. The quantitative estimate of drug-likeness (QED) is 0.700. The van der Waals surface area contributed by atoms with Gasteiger partial charge in [-0.3, -0.25) is 0 Å². The third-order valence-electron chi connectivity index (χ3n) is 4.78. The third kappa shape index (κ3) is 3.34. The minimum atomic E-state index is 0.374. The Hall–Kier alpha value is -2.48. The SMILES string of the molecule is COc1ccc2nnc(C3CCN(CCc4cc(C)no4)CC3)n2n1. The van der Waals surface area contributed by atoms with Gasteiger partial charge in [0.1, 0.15) is 5.76 Å². The molecule has 0 bridgehead atoms. The number of aromatic nitrogens is 5. The molecule has 132 valence electrons. The average Bonchev–Trinajstić information content (AvgIpc) is 3.26. The largest absolute Gasteiger partial charge is 0.480 e. The first kappa shape index (κ1) is 16.0. The van der Waals surface area contributed by atoms with Crippen LogP contribution < -0.4 is 4.74 Å². The molecule has 3 aromatic rings. The van der Waals surface area contributed by atoms with Gasteiger partial charge in [0, 0.05) is 31.0 Å². The summed E-state index contributed by atoms with van der Waals surface area (Å²) in [7, 11) is 1.62. The summed E-state index contributed by atoms with van der Waals surface area (Å²) < 4.78 is 12.3. The Morgan fingerprint density at radius 2 is 2.08 bits per heavy atom. The number of hydrogen-bond acceptors (Lipinski definition) is 7. The summed E-state index contributed by atoms with van der Waals surface area (Å²) >= 11 is 0. The molecular formula is C17H22N6O2. The molecule has 0 atom stereocenters. The van der Waals surface area contributed by atoms with Crippen LogP contribution >= 0.6 is 0 Å². The Balaban J connectivity index is 1.38. The summed E-state index contributed by atoms with van der Waals surface area (Å²) in [5, 5.41) is 17.0.